The monoisotopic (exact) mass is 290 g/mol. The van der Waals surface area contributed by atoms with Gasteiger partial charge in [-0.3, -0.25) is 14.9 Å². The SMILES string of the molecule is CC(=O)N1CCN(c2c([N+](=O)[O-])ccc3c2CCN3)CC1. The van der Waals surface area contributed by atoms with Crippen LogP contribution in [0.1, 0.15) is 12.5 Å². The van der Waals surface area contributed by atoms with E-state index in [4.69, 9.17) is 0 Å². The molecule has 112 valence electrons. The summed E-state index contributed by atoms with van der Waals surface area (Å²) in [6, 6.07) is 3.36. The van der Waals surface area contributed by atoms with Crippen molar-refractivity contribution in [2.24, 2.45) is 0 Å². The second kappa shape index (κ2) is 5.23. The van der Waals surface area contributed by atoms with Crippen LogP contribution in [0, 0.1) is 10.1 Å². The van der Waals surface area contributed by atoms with Crippen LogP contribution in [0.2, 0.25) is 0 Å². The van der Waals surface area contributed by atoms with Crippen molar-refractivity contribution in [2.45, 2.75) is 13.3 Å². The van der Waals surface area contributed by atoms with Crippen molar-refractivity contribution >= 4 is 23.0 Å². The first-order chi connectivity index (χ1) is 10.1. The fourth-order valence-corrected chi connectivity index (χ4v) is 3.11. The van der Waals surface area contributed by atoms with Gasteiger partial charge in [-0.05, 0) is 12.5 Å². The van der Waals surface area contributed by atoms with E-state index in [1.165, 1.54) is 0 Å². The van der Waals surface area contributed by atoms with Gasteiger partial charge in [0.1, 0.15) is 5.69 Å². The molecule has 7 nitrogen and oxygen atoms in total. The number of nitrogens with one attached hydrogen (secondary N) is 1. The van der Waals surface area contributed by atoms with Crippen LogP contribution in [0.5, 0.6) is 0 Å². The summed E-state index contributed by atoms with van der Waals surface area (Å²) in [5, 5.41) is 14.6. The second-order valence-electron chi connectivity index (χ2n) is 5.39. The number of benzene rings is 1. The predicted octanol–water partition coefficient (Wildman–Crippen LogP) is 1.23. The number of carbonyl (C=O) groups is 1. The van der Waals surface area contributed by atoms with Gasteiger partial charge in [0.25, 0.3) is 5.69 Å². The Kier molecular flexibility index (Phi) is 3.40. The summed E-state index contributed by atoms with van der Waals surface area (Å²) < 4.78 is 0. The molecule has 1 aromatic rings. The van der Waals surface area contributed by atoms with Crippen molar-refractivity contribution in [1.82, 2.24) is 4.90 Å². The molecule has 0 radical (unpaired) electrons. The number of nitro benzene ring substituents is 1. The zero-order valence-corrected chi connectivity index (χ0v) is 12.0. The summed E-state index contributed by atoms with van der Waals surface area (Å²) in [5.41, 5.74) is 2.91. The number of nitrogens with zero attached hydrogens (tertiary/aromatic N) is 3. The van der Waals surface area contributed by atoms with E-state index in [2.05, 4.69) is 5.32 Å². The Morgan fingerprint density at radius 3 is 2.62 bits per heavy atom. The van der Waals surface area contributed by atoms with Crippen molar-refractivity contribution < 1.29 is 9.72 Å². The van der Waals surface area contributed by atoms with Crippen LogP contribution < -0.4 is 10.2 Å². The first-order valence-corrected chi connectivity index (χ1v) is 7.12. The molecule has 2 heterocycles. The van der Waals surface area contributed by atoms with E-state index in [9.17, 15) is 14.9 Å². The first kappa shape index (κ1) is 13.7. The summed E-state index contributed by atoms with van der Waals surface area (Å²) in [5.74, 6) is 0.0594. The largest absolute Gasteiger partial charge is 0.384 e. The van der Waals surface area contributed by atoms with Crippen LogP contribution in [-0.4, -0.2) is 48.5 Å². The van der Waals surface area contributed by atoms with Crippen molar-refractivity contribution in [3.8, 4) is 0 Å². The molecule has 1 N–H and O–H groups in total. The van der Waals surface area contributed by atoms with Gasteiger partial charge in [0, 0.05) is 57.0 Å². The van der Waals surface area contributed by atoms with Crippen molar-refractivity contribution in [3.05, 3.63) is 27.8 Å². The maximum absolute atomic E-state index is 11.4. The molecule has 1 aromatic carbocycles. The van der Waals surface area contributed by atoms with Crippen LogP contribution >= 0.6 is 0 Å². The number of piperazine rings is 1. The third-order valence-corrected chi connectivity index (χ3v) is 4.19. The van der Waals surface area contributed by atoms with Gasteiger partial charge in [-0.2, -0.15) is 0 Å². The quantitative estimate of drug-likeness (QED) is 0.654. The van der Waals surface area contributed by atoms with Crippen molar-refractivity contribution in [1.29, 1.82) is 0 Å². The number of hydrogen-bond acceptors (Lipinski definition) is 5. The minimum Gasteiger partial charge on any atom is -0.384 e. The smallest absolute Gasteiger partial charge is 0.292 e. The lowest BCUT2D eigenvalue weighted by molar-refractivity contribution is -0.384. The molecule has 1 saturated heterocycles. The Morgan fingerprint density at radius 2 is 2.00 bits per heavy atom. The van der Waals surface area contributed by atoms with E-state index in [0.29, 0.717) is 26.2 Å². The fourth-order valence-electron chi connectivity index (χ4n) is 3.11. The Bertz CT molecular complexity index is 594. The molecular weight excluding hydrogens is 272 g/mol. The van der Waals surface area contributed by atoms with Gasteiger partial charge in [0.05, 0.1) is 4.92 Å². The maximum Gasteiger partial charge on any atom is 0.292 e. The highest BCUT2D eigenvalue weighted by Gasteiger charge is 2.30. The number of anilines is 2. The van der Waals surface area contributed by atoms with Crippen LogP contribution in [-0.2, 0) is 11.2 Å². The van der Waals surface area contributed by atoms with E-state index in [1.54, 1.807) is 24.0 Å². The summed E-state index contributed by atoms with van der Waals surface area (Å²) in [7, 11) is 0. The molecule has 0 saturated carbocycles. The molecule has 2 aliphatic rings. The fraction of sp³-hybridized carbons (Fsp3) is 0.500. The molecule has 0 spiro atoms. The van der Waals surface area contributed by atoms with Crippen LogP contribution in [0.4, 0.5) is 17.1 Å². The van der Waals surface area contributed by atoms with E-state index < -0.39 is 0 Å². The number of hydrogen-bond donors (Lipinski definition) is 1. The third kappa shape index (κ3) is 2.39. The minimum absolute atomic E-state index is 0.0594. The minimum atomic E-state index is -0.314. The number of rotatable bonds is 2. The third-order valence-electron chi connectivity index (χ3n) is 4.19. The molecular formula is C14H18N4O3. The van der Waals surface area contributed by atoms with E-state index in [1.807, 2.05) is 4.90 Å². The molecule has 1 fully saturated rings. The van der Waals surface area contributed by atoms with Crippen LogP contribution in [0.3, 0.4) is 0 Å². The Morgan fingerprint density at radius 1 is 1.29 bits per heavy atom. The number of amides is 1. The van der Waals surface area contributed by atoms with Gasteiger partial charge in [0.2, 0.25) is 5.91 Å². The molecule has 7 heteroatoms. The predicted molar refractivity (Wildman–Crippen MR) is 79.8 cm³/mol. The van der Waals surface area contributed by atoms with E-state index >= 15 is 0 Å². The lowest BCUT2D eigenvalue weighted by atomic mass is 10.1. The van der Waals surface area contributed by atoms with Crippen LogP contribution in [0.15, 0.2) is 12.1 Å². The summed E-state index contributed by atoms with van der Waals surface area (Å²) in [4.78, 5) is 26.2. The molecule has 1 amide bonds. The molecule has 0 bridgehead atoms. The molecule has 0 unspecified atom stereocenters. The van der Waals surface area contributed by atoms with Crippen LogP contribution in [0.25, 0.3) is 0 Å². The highest BCUT2D eigenvalue weighted by molar-refractivity contribution is 5.79. The molecule has 0 aromatic heterocycles. The zero-order chi connectivity index (χ0) is 15.0. The van der Waals surface area contributed by atoms with Gasteiger partial charge in [-0.1, -0.05) is 0 Å². The molecule has 0 aliphatic carbocycles. The molecule has 0 atom stereocenters. The van der Waals surface area contributed by atoms with Crippen molar-refractivity contribution in [2.75, 3.05) is 42.9 Å². The van der Waals surface area contributed by atoms with Crippen molar-refractivity contribution in [3.63, 3.8) is 0 Å². The van der Waals surface area contributed by atoms with E-state index in [-0.39, 0.29) is 16.5 Å². The highest BCUT2D eigenvalue weighted by Crippen LogP contribution is 2.39. The lowest BCUT2D eigenvalue weighted by Gasteiger charge is -2.36. The second-order valence-corrected chi connectivity index (χ2v) is 5.39. The summed E-state index contributed by atoms with van der Waals surface area (Å²) in [6.45, 7) is 4.88. The standard InChI is InChI=1S/C14H18N4O3/c1-10(19)16-6-8-17(9-7-16)14-11-4-5-15-12(11)2-3-13(14)18(20)21/h2-3,15H,4-9H2,1H3. The zero-order valence-electron chi connectivity index (χ0n) is 12.0. The Balaban J connectivity index is 1.93. The Labute approximate surface area is 122 Å². The highest BCUT2D eigenvalue weighted by atomic mass is 16.6. The summed E-state index contributed by atoms with van der Waals surface area (Å²) >= 11 is 0. The first-order valence-electron chi connectivity index (χ1n) is 7.12. The normalized spacial score (nSPS) is 17.4. The average Bonchev–Trinajstić information content (AvgIpc) is 2.94. The number of nitro groups is 1. The number of fused-ring (bicyclic) bond motifs is 1. The maximum atomic E-state index is 11.4. The van der Waals surface area contributed by atoms with Gasteiger partial charge in [0.15, 0.2) is 0 Å². The van der Waals surface area contributed by atoms with Gasteiger partial charge < -0.3 is 15.1 Å². The average molecular weight is 290 g/mol. The van der Waals surface area contributed by atoms with Gasteiger partial charge >= 0.3 is 0 Å². The van der Waals surface area contributed by atoms with Gasteiger partial charge in [-0.25, -0.2) is 0 Å². The molecule has 21 heavy (non-hydrogen) atoms. The molecule has 3 rings (SSSR count). The Hall–Kier alpha value is -2.31. The lowest BCUT2D eigenvalue weighted by Crippen LogP contribution is -2.48. The topological polar surface area (TPSA) is 78.7 Å². The number of carbonyl (C=O) groups excluding carboxylic acids is 1. The summed E-state index contributed by atoms with van der Waals surface area (Å²) in [6.07, 6.45) is 0.805. The van der Waals surface area contributed by atoms with Gasteiger partial charge in [-0.15, -0.1) is 0 Å². The van der Waals surface area contributed by atoms with E-state index in [0.717, 1.165) is 29.9 Å². The molecule has 2 aliphatic heterocycles.